The third kappa shape index (κ3) is 5.02. The molecule has 0 fully saturated rings. The smallest absolute Gasteiger partial charge is 0.240 e. The summed E-state index contributed by atoms with van der Waals surface area (Å²) in [5.74, 6) is -0.200. The second kappa shape index (κ2) is 8.76. The maximum absolute atomic E-state index is 12.5. The molecule has 3 aromatic carbocycles. The summed E-state index contributed by atoms with van der Waals surface area (Å²) in [5.41, 5.74) is 2.59. The van der Waals surface area contributed by atoms with Gasteiger partial charge in [0.25, 0.3) is 0 Å². The van der Waals surface area contributed by atoms with E-state index in [1.165, 1.54) is 0 Å². The van der Waals surface area contributed by atoms with Crippen LogP contribution in [0.3, 0.4) is 0 Å². The highest BCUT2D eigenvalue weighted by Crippen LogP contribution is 2.24. The van der Waals surface area contributed by atoms with E-state index in [1.807, 2.05) is 62.4 Å². The number of carbonyl (C=O) groups is 1. The maximum Gasteiger partial charge on any atom is 0.240 e. The number of carbonyl (C=O) groups excluding carboxylic acids is 1. The average Bonchev–Trinajstić information content (AvgIpc) is 2.69. The minimum atomic E-state index is -3.65. The molecule has 2 N–H and O–H groups in total. The van der Waals surface area contributed by atoms with Crippen molar-refractivity contribution in [1.82, 2.24) is 10.0 Å². The molecule has 1 atom stereocenters. The molecule has 0 aromatic heterocycles. The molecule has 0 spiro atoms. The Morgan fingerprint density at radius 1 is 1.00 bits per heavy atom. The number of sulfonamides is 1. The zero-order valence-electron chi connectivity index (χ0n) is 16.9. The summed E-state index contributed by atoms with van der Waals surface area (Å²) in [4.78, 5) is 12.6. The predicted molar refractivity (Wildman–Crippen MR) is 116 cm³/mol. The molecule has 3 rings (SSSR count). The Balaban J connectivity index is 1.60. The van der Waals surface area contributed by atoms with Crippen LogP contribution in [0.4, 0.5) is 0 Å². The van der Waals surface area contributed by atoms with Gasteiger partial charge in [0.05, 0.1) is 10.9 Å². The quantitative estimate of drug-likeness (QED) is 0.618. The molecule has 0 aliphatic carbocycles. The molecule has 152 valence electrons. The first-order valence-electron chi connectivity index (χ1n) is 9.62. The third-order valence-corrected chi connectivity index (χ3v) is 6.55. The van der Waals surface area contributed by atoms with E-state index in [4.69, 9.17) is 0 Å². The minimum Gasteiger partial charge on any atom is -0.350 e. The molecule has 0 aliphatic heterocycles. The van der Waals surface area contributed by atoms with Crippen molar-refractivity contribution < 1.29 is 13.2 Å². The predicted octanol–water partition coefficient (Wildman–Crippen LogP) is 4.00. The van der Waals surface area contributed by atoms with E-state index in [0.717, 1.165) is 21.9 Å². The lowest BCUT2D eigenvalue weighted by Gasteiger charge is -2.17. The van der Waals surface area contributed by atoms with Crippen molar-refractivity contribution in [2.75, 3.05) is 6.54 Å². The van der Waals surface area contributed by atoms with Crippen LogP contribution in [0, 0.1) is 13.8 Å². The summed E-state index contributed by atoms with van der Waals surface area (Å²) >= 11 is 0. The van der Waals surface area contributed by atoms with Gasteiger partial charge in [-0.3, -0.25) is 4.79 Å². The summed E-state index contributed by atoms with van der Waals surface area (Å²) in [6.07, 6.45) is 0.0687. The first kappa shape index (κ1) is 21.0. The molecule has 5 nitrogen and oxygen atoms in total. The fraction of sp³-hybridized carbons (Fsp3) is 0.261. The Morgan fingerprint density at radius 2 is 1.72 bits per heavy atom. The van der Waals surface area contributed by atoms with Gasteiger partial charge in [-0.15, -0.1) is 0 Å². The monoisotopic (exact) mass is 410 g/mol. The van der Waals surface area contributed by atoms with Gasteiger partial charge < -0.3 is 5.32 Å². The summed E-state index contributed by atoms with van der Waals surface area (Å²) in [5, 5.41) is 5.17. The highest BCUT2D eigenvalue weighted by Gasteiger charge is 2.18. The first-order valence-corrected chi connectivity index (χ1v) is 11.1. The zero-order valence-corrected chi connectivity index (χ0v) is 17.7. The maximum atomic E-state index is 12.5. The molecule has 6 heteroatoms. The van der Waals surface area contributed by atoms with Gasteiger partial charge in [-0.25, -0.2) is 13.1 Å². The van der Waals surface area contributed by atoms with Crippen molar-refractivity contribution in [2.24, 2.45) is 0 Å². The van der Waals surface area contributed by atoms with E-state index in [0.29, 0.717) is 5.56 Å². The Morgan fingerprint density at radius 3 is 2.52 bits per heavy atom. The van der Waals surface area contributed by atoms with Crippen LogP contribution >= 0.6 is 0 Å². The summed E-state index contributed by atoms with van der Waals surface area (Å²) in [7, 11) is -3.65. The molecule has 0 aliphatic rings. The van der Waals surface area contributed by atoms with Gasteiger partial charge >= 0.3 is 0 Å². The fourth-order valence-electron chi connectivity index (χ4n) is 3.39. The summed E-state index contributed by atoms with van der Waals surface area (Å²) in [6.45, 7) is 5.58. The van der Waals surface area contributed by atoms with Crippen molar-refractivity contribution in [3.05, 3.63) is 77.4 Å². The average molecular weight is 411 g/mol. The van der Waals surface area contributed by atoms with Gasteiger partial charge in [-0.05, 0) is 54.3 Å². The number of hydrogen-bond donors (Lipinski definition) is 2. The Kier molecular flexibility index (Phi) is 6.35. The molecule has 1 amide bonds. The zero-order chi connectivity index (χ0) is 21.0. The standard InChI is InChI=1S/C23H26N2O3S/c1-16-11-12-17(2)22(15-16)29(27,28)24-14-13-23(26)25-18(3)20-10-6-8-19-7-4-5-9-21(19)20/h4-12,15,18,24H,13-14H2,1-3H3,(H,25,26). The molecule has 0 saturated carbocycles. The van der Waals surface area contributed by atoms with Gasteiger partial charge in [-0.1, -0.05) is 54.6 Å². The number of aryl methyl sites for hydroxylation is 2. The van der Waals surface area contributed by atoms with Crippen LogP contribution in [-0.4, -0.2) is 20.9 Å². The Hall–Kier alpha value is -2.70. The van der Waals surface area contributed by atoms with Crippen LogP contribution in [0.15, 0.2) is 65.6 Å². The van der Waals surface area contributed by atoms with Crippen molar-refractivity contribution in [3.8, 4) is 0 Å². The van der Waals surface area contributed by atoms with Crippen molar-refractivity contribution >= 4 is 26.7 Å². The van der Waals surface area contributed by atoms with Crippen molar-refractivity contribution in [2.45, 2.75) is 38.1 Å². The lowest BCUT2D eigenvalue weighted by molar-refractivity contribution is -0.121. The summed E-state index contributed by atoms with van der Waals surface area (Å²) < 4.78 is 27.6. The second-order valence-electron chi connectivity index (χ2n) is 7.27. The number of rotatable bonds is 7. The van der Waals surface area contributed by atoms with Crippen LogP contribution in [0.1, 0.15) is 36.1 Å². The van der Waals surface area contributed by atoms with E-state index in [2.05, 4.69) is 10.0 Å². The SMILES string of the molecule is Cc1ccc(C)c(S(=O)(=O)NCCC(=O)NC(C)c2cccc3ccccc23)c1. The highest BCUT2D eigenvalue weighted by molar-refractivity contribution is 7.89. The molecule has 0 radical (unpaired) electrons. The van der Waals surface area contributed by atoms with E-state index >= 15 is 0 Å². The molecule has 0 heterocycles. The number of benzene rings is 3. The van der Waals surface area contributed by atoms with Gasteiger partial charge in [0.2, 0.25) is 15.9 Å². The van der Waals surface area contributed by atoms with Gasteiger partial charge in [0.1, 0.15) is 0 Å². The lowest BCUT2D eigenvalue weighted by Crippen LogP contribution is -2.32. The normalized spacial score (nSPS) is 12.7. The second-order valence-corrected chi connectivity index (χ2v) is 9.01. The van der Waals surface area contributed by atoms with Gasteiger partial charge in [0.15, 0.2) is 0 Å². The fourth-order valence-corrected chi connectivity index (χ4v) is 4.75. The van der Waals surface area contributed by atoms with Crippen LogP contribution in [-0.2, 0) is 14.8 Å². The van der Waals surface area contributed by atoms with E-state index < -0.39 is 10.0 Å². The molecule has 1 unspecified atom stereocenters. The van der Waals surface area contributed by atoms with Crippen LogP contribution in [0.5, 0.6) is 0 Å². The van der Waals surface area contributed by atoms with Gasteiger partial charge in [-0.2, -0.15) is 0 Å². The molecule has 0 bridgehead atoms. The topological polar surface area (TPSA) is 75.3 Å². The lowest BCUT2D eigenvalue weighted by atomic mass is 9.99. The minimum absolute atomic E-state index is 0.0454. The van der Waals surface area contributed by atoms with Crippen LogP contribution < -0.4 is 10.0 Å². The van der Waals surface area contributed by atoms with E-state index in [-0.39, 0.29) is 29.8 Å². The molecular weight excluding hydrogens is 384 g/mol. The Labute approximate surface area is 172 Å². The van der Waals surface area contributed by atoms with Crippen molar-refractivity contribution in [3.63, 3.8) is 0 Å². The Bertz CT molecular complexity index is 1130. The largest absolute Gasteiger partial charge is 0.350 e. The number of fused-ring (bicyclic) bond motifs is 1. The molecule has 3 aromatic rings. The highest BCUT2D eigenvalue weighted by atomic mass is 32.2. The molecule has 0 saturated heterocycles. The van der Waals surface area contributed by atoms with Crippen LogP contribution in [0.2, 0.25) is 0 Å². The van der Waals surface area contributed by atoms with Crippen LogP contribution in [0.25, 0.3) is 10.8 Å². The number of amides is 1. The van der Waals surface area contributed by atoms with Crippen molar-refractivity contribution in [1.29, 1.82) is 0 Å². The number of hydrogen-bond acceptors (Lipinski definition) is 3. The molecular formula is C23H26N2O3S. The van der Waals surface area contributed by atoms with Gasteiger partial charge in [0, 0.05) is 13.0 Å². The first-order chi connectivity index (χ1) is 13.8. The third-order valence-electron chi connectivity index (χ3n) is 4.94. The van der Waals surface area contributed by atoms with E-state index in [1.54, 1.807) is 19.1 Å². The number of nitrogens with one attached hydrogen (secondary N) is 2. The summed E-state index contributed by atoms with van der Waals surface area (Å²) in [6, 6.07) is 19.1. The molecule has 29 heavy (non-hydrogen) atoms. The van der Waals surface area contributed by atoms with E-state index in [9.17, 15) is 13.2 Å².